The summed E-state index contributed by atoms with van der Waals surface area (Å²) >= 11 is 4.58. The Morgan fingerprint density at radius 1 is 1.58 bits per heavy atom. The fraction of sp³-hybridized carbons (Fsp3) is 0.250. The highest BCUT2D eigenvalue weighted by atomic mass is 79.9. The molecule has 0 saturated heterocycles. The Balaban J connectivity index is 1.81. The smallest absolute Gasteiger partial charge is 0.237 e. The Morgan fingerprint density at radius 2 is 2.42 bits per heavy atom. The van der Waals surface area contributed by atoms with E-state index in [1.165, 1.54) is 11.5 Å². The molecule has 1 aliphatic heterocycles. The molecule has 1 atom stereocenters. The molecule has 2 heterocycles. The molecule has 5 nitrogen and oxygen atoms in total. The molecular formula is C12H10BrN3O2S. The second-order valence-corrected chi connectivity index (χ2v) is 5.85. The molecule has 0 bridgehead atoms. The summed E-state index contributed by atoms with van der Waals surface area (Å²) in [6, 6.07) is 5.67. The van der Waals surface area contributed by atoms with Gasteiger partial charge in [-0.3, -0.25) is 4.79 Å². The van der Waals surface area contributed by atoms with Crippen molar-refractivity contribution >= 4 is 38.5 Å². The average Bonchev–Trinajstić information content (AvgIpc) is 2.95. The number of nitrogens with zero attached hydrogens (tertiary/aromatic N) is 2. The number of amides is 1. The second kappa shape index (κ2) is 4.90. The number of hydrogen-bond donors (Lipinski definition) is 1. The highest BCUT2D eigenvalue weighted by Crippen LogP contribution is 2.36. The third-order valence-electron chi connectivity index (χ3n) is 2.83. The zero-order valence-corrected chi connectivity index (χ0v) is 12.4. The Bertz CT molecular complexity index is 644. The van der Waals surface area contributed by atoms with Crippen molar-refractivity contribution in [3.05, 3.63) is 34.1 Å². The first-order valence-electron chi connectivity index (χ1n) is 5.67. The van der Waals surface area contributed by atoms with Crippen molar-refractivity contribution in [3.8, 4) is 5.75 Å². The molecule has 1 N–H and O–H groups in total. The van der Waals surface area contributed by atoms with Crippen LogP contribution in [0, 0.1) is 6.92 Å². The Morgan fingerprint density at radius 3 is 3.16 bits per heavy atom. The van der Waals surface area contributed by atoms with Crippen LogP contribution in [-0.2, 0) is 4.79 Å². The van der Waals surface area contributed by atoms with Crippen molar-refractivity contribution < 1.29 is 9.53 Å². The molecule has 98 valence electrons. The largest absolute Gasteiger partial charge is 0.492 e. The average molecular weight is 340 g/mol. The minimum absolute atomic E-state index is 0.118. The number of rotatable bonds is 2. The minimum Gasteiger partial charge on any atom is -0.492 e. The lowest BCUT2D eigenvalue weighted by molar-refractivity contribution is -0.117. The molecule has 0 unspecified atom stereocenters. The van der Waals surface area contributed by atoms with E-state index in [2.05, 4.69) is 30.6 Å². The summed E-state index contributed by atoms with van der Waals surface area (Å²) in [5.74, 6) is 0.993. The van der Waals surface area contributed by atoms with E-state index >= 15 is 0 Å². The molecule has 0 aliphatic carbocycles. The quantitative estimate of drug-likeness (QED) is 0.913. The van der Waals surface area contributed by atoms with Crippen molar-refractivity contribution in [3.63, 3.8) is 0 Å². The number of anilines is 1. The highest BCUT2D eigenvalue weighted by Gasteiger charge is 2.31. The topological polar surface area (TPSA) is 64.1 Å². The first-order chi connectivity index (χ1) is 9.13. The fourth-order valence-electron chi connectivity index (χ4n) is 1.94. The maximum absolute atomic E-state index is 12.2. The van der Waals surface area contributed by atoms with Crippen LogP contribution in [0.4, 0.5) is 5.13 Å². The van der Waals surface area contributed by atoms with Gasteiger partial charge in [0.05, 0.1) is 0 Å². The normalized spacial score (nSPS) is 16.8. The van der Waals surface area contributed by atoms with Crippen LogP contribution in [0.25, 0.3) is 0 Å². The van der Waals surface area contributed by atoms with Crippen molar-refractivity contribution in [1.29, 1.82) is 0 Å². The Hall–Kier alpha value is -1.47. The maximum Gasteiger partial charge on any atom is 0.237 e. The molecule has 0 radical (unpaired) electrons. The lowest BCUT2D eigenvalue weighted by Gasteiger charge is -2.07. The van der Waals surface area contributed by atoms with Gasteiger partial charge in [0, 0.05) is 21.6 Å². The highest BCUT2D eigenvalue weighted by molar-refractivity contribution is 9.10. The number of ether oxygens (including phenoxy) is 1. The number of hydrogen-bond acceptors (Lipinski definition) is 5. The van der Waals surface area contributed by atoms with E-state index in [9.17, 15) is 4.79 Å². The van der Waals surface area contributed by atoms with Crippen LogP contribution in [0.2, 0.25) is 0 Å². The third-order valence-corrected chi connectivity index (χ3v) is 4.04. The van der Waals surface area contributed by atoms with Crippen LogP contribution < -0.4 is 10.1 Å². The van der Waals surface area contributed by atoms with E-state index in [0.717, 1.165) is 15.8 Å². The van der Waals surface area contributed by atoms with Crippen LogP contribution in [0.5, 0.6) is 5.75 Å². The summed E-state index contributed by atoms with van der Waals surface area (Å²) in [5, 5.41) is 3.30. The predicted molar refractivity (Wildman–Crippen MR) is 75.7 cm³/mol. The van der Waals surface area contributed by atoms with Crippen LogP contribution in [0.3, 0.4) is 0 Å². The second-order valence-electron chi connectivity index (χ2n) is 4.18. The van der Waals surface area contributed by atoms with Crippen molar-refractivity contribution in [2.45, 2.75) is 12.8 Å². The van der Waals surface area contributed by atoms with Gasteiger partial charge < -0.3 is 10.1 Å². The number of aryl methyl sites for hydroxylation is 1. The number of fused-ring (bicyclic) bond motifs is 1. The van der Waals surface area contributed by atoms with Crippen LogP contribution in [0.15, 0.2) is 22.7 Å². The predicted octanol–water partition coefficient (Wildman–Crippen LogP) is 2.72. The summed E-state index contributed by atoms with van der Waals surface area (Å²) < 4.78 is 10.5. The van der Waals surface area contributed by atoms with Gasteiger partial charge in [-0.1, -0.05) is 15.9 Å². The van der Waals surface area contributed by atoms with Crippen molar-refractivity contribution in [2.24, 2.45) is 0 Å². The molecule has 0 fully saturated rings. The van der Waals surface area contributed by atoms with Crippen LogP contribution >= 0.6 is 27.5 Å². The van der Waals surface area contributed by atoms with Gasteiger partial charge in [0.15, 0.2) is 0 Å². The summed E-state index contributed by atoms with van der Waals surface area (Å²) in [7, 11) is 0. The van der Waals surface area contributed by atoms with E-state index in [1.807, 2.05) is 18.2 Å². The van der Waals surface area contributed by atoms with Gasteiger partial charge in [-0.25, -0.2) is 4.98 Å². The Labute approximate surface area is 122 Å². The van der Waals surface area contributed by atoms with Gasteiger partial charge in [-0.2, -0.15) is 4.37 Å². The van der Waals surface area contributed by atoms with E-state index in [4.69, 9.17) is 4.74 Å². The van der Waals surface area contributed by atoms with Gasteiger partial charge in [0.25, 0.3) is 0 Å². The SMILES string of the molecule is Cc1nsc(NC(=O)[C@@H]2COc3ccc(Br)cc32)n1. The number of carbonyl (C=O) groups is 1. The van der Waals surface area contributed by atoms with Gasteiger partial charge >= 0.3 is 0 Å². The molecule has 1 amide bonds. The zero-order chi connectivity index (χ0) is 13.4. The molecule has 1 aliphatic rings. The summed E-state index contributed by atoms with van der Waals surface area (Å²) in [6.07, 6.45) is 0. The van der Waals surface area contributed by atoms with Gasteiger partial charge in [0.2, 0.25) is 11.0 Å². The Kier molecular flexibility index (Phi) is 3.24. The third kappa shape index (κ3) is 2.48. The first-order valence-corrected chi connectivity index (χ1v) is 7.23. The van der Waals surface area contributed by atoms with Crippen molar-refractivity contribution in [1.82, 2.24) is 9.36 Å². The van der Waals surface area contributed by atoms with Crippen LogP contribution in [0.1, 0.15) is 17.3 Å². The molecule has 0 saturated carbocycles. The molecule has 0 spiro atoms. The first kappa shape index (κ1) is 12.6. The van der Waals surface area contributed by atoms with Gasteiger partial charge in [0.1, 0.15) is 24.1 Å². The van der Waals surface area contributed by atoms with Crippen LogP contribution in [-0.4, -0.2) is 21.9 Å². The fourth-order valence-corrected chi connectivity index (χ4v) is 2.90. The minimum atomic E-state index is -0.309. The standard InChI is InChI=1S/C12H10BrN3O2S/c1-6-14-12(19-16-6)15-11(17)9-5-18-10-3-2-7(13)4-8(9)10/h2-4,9H,5H2,1H3,(H,14,15,16,17)/t9-/m1/s1. The molecular weight excluding hydrogens is 330 g/mol. The molecule has 3 rings (SSSR count). The summed E-state index contributed by atoms with van der Waals surface area (Å²) in [4.78, 5) is 16.4. The molecule has 7 heteroatoms. The molecule has 2 aromatic rings. The number of halogens is 1. The number of carbonyl (C=O) groups excluding carboxylic acids is 1. The summed E-state index contributed by atoms with van der Waals surface area (Å²) in [6.45, 7) is 2.15. The zero-order valence-electron chi connectivity index (χ0n) is 10.0. The number of nitrogens with one attached hydrogen (secondary N) is 1. The van der Waals surface area contributed by atoms with E-state index in [1.54, 1.807) is 6.92 Å². The van der Waals surface area contributed by atoms with Gasteiger partial charge in [-0.05, 0) is 25.1 Å². The molecule has 19 heavy (non-hydrogen) atoms. The lowest BCUT2D eigenvalue weighted by atomic mass is 10.0. The molecule has 1 aromatic heterocycles. The monoisotopic (exact) mass is 339 g/mol. The van der Waals surface area contributed by atoms with E-state index in [0.29, 0.717) is 17.6 Å². The lowest BCUT2D eigenvalue weighted by Crippen LogP contribution is -2.22. The number of benzene rings is 1. The maximum atomic E-state index is 12.2. The van der Waals surface area contributed by atoms with Crippen molar-refractivity contribution in [2.75, 3.05) is 11.9 Å². The number of aromatic nitrogens is 2. The van der Waals surface area contributed by atoms with E-state index < -0.39 is 0 Å². The van der Waals surface area contributed by atoms with E-state index in [-0.39, 0.29) is 11.8 Å². The van der Waals surface area contributed by atoms with Gasteiger partial charge in [-0.15, -0.1) is 0 Å². The summed E-state index contributed by atoms with van der Waals surface area (Å²) in [5.41, 5.74) is 0.896. The molecule has 1 aromatic carbocycles.